The first-order valence-corrected chi connectivity index (χ1v) is 12.9. The maximum absolute atomic E-state index is 4.96. The largest absolute Gasteiger partial charge is 0.236 e. The van der Waals surface area contributed by atoms with Gasteiger partial charge in [-0.1, -0.05) is 84.9 Å². The Kier molecular flexibility index (Phi) is 4.57. The molecule has 7 rings (SSSR count). The molecule has 2 heterocycles. The van der Waals surface area contributed by atoms with Crippen molar-refractivity contribution in [1.82, 2.24) is 4.98 Å². The summed E-state index contributed by atoms with van der Waals surface area (Å²) in [6, 6.07) is 41.3. The van der Waals surface area contributed by atoms with Crippen LogP contribution in [-0.4, -0.2) is 4.98 Å². The van der Waals surface area contributed by atoms with E-state index in [2.05, 4.69) is 115 Å². The predicted molar refractivity (Wildman–Crippen MR) is 149 cm³/mol. The van der Waals surface area contributed by atoms with E-state index >= 15 is 0 Å². The summed E-state index contributed by atoms with van der Waals surface area (Å²) in [5, 5.41) is 3.72. The molecule has 0 aliphatic carbocycles. The monoisotopic (exact) mass is 469 g/mol. The topological polar surface area (TPSA) is 12.9 Å². The summed E-state index contributed by atoms with van der Waals surface area (Å²) in [5.41, 5.74) is 7.22. The lowest BCUT2D eigenvalue weighted by Gasteiger charge is -2.09. The Labute approximate surface area is 205 Å². The third-order valence-corrected chi connectivity index (χ3v) is 8.53. The first kappa shape index (κ1) is 19.7. The number of nitrogens with zero attached hydrogens (tertiary/aromatic N) is 1. The number of hydrogen-bond donors (Lipinski definition) is 0. The number of rotatable bonds is 3. The molecule has 0 N–H and O–H groups in total. The van der Waals surface area contributed by atoms with Gasteiger partial charge in [0.2, 0.25) is 0 Å². The summed E-state index contributed by atoms with van der Waals surface area (Å²) in [6.07, 6.45) is 0. The number of para-hydroxylation sites is 1. The van der Waals surface area contributed by atoms with Gasteiger partial charge in [0.1, 0.15) is 5.01 Å². The molecule has 5 aromatic carbocycles. The molecule has 160 valence electrons. The predicted octanol–water partition coefficient (Wildman–Crippen LogP) is 9.67. The van der Waals surface area contributed by atoms with Crippen molar-refractivity contribution in [3.05, 3.63) is 115 Å². The fourth-order valence-electron chi connectivity index (χ4n) is 4.67. The van der Waals surface area contributed by atoms with Gasteiger partial charge in [-0.25, -0.2) is 4.98 Å². The van der Waals surface area contributed by atoms with Crippen LogP contribution in [0.25, 0.3) is 63.2 Å². The van der Waals surface area contributed by atoms with E-state index in [4.69, 9.17) is 4.98 Å². The summed E-state index contributed by atoms with van der Waals surface area (Å²) < 4.78 is 3.85. The van der Waals surface area contributed by atoms with E-state index in [1.165, 1.54) is 52.7 Å². The summed E-state index contributed by atoms with van der Waals surface area (Å²) in [7, 11) is 0. The van der Waals surface area contributed by atoms with Crippen LogP contribution in [0.15, 0.2) is 115 Å². The molecule has 0 saturated carbocycles. The van der Waals surface area contributed by atoms with Crippen molar-refractivity contribution >= 4 is 53.1 Å². The van der Waals surface area contributed by atoms with Gasteiger partial charge in [-0.15, -0.1) is 22.7 Å². The zero-order valence-electron chi connectivity index (χ0n) is 18.2. The number of benzene rings is 5. The van der Waals surface area contributed by atoms with E-state index in [1.54, 1.807) is 11.3 Å². The van der Waals surface area contributed by atoms with E-state index in [-0.39, 0.29) is 0 Å². The van der Waals surface area contributed by atoms with E-state index in [1.807, 2.05) is 11.3 Å². The van der Waals surface area contributed by atoms with Gasteiger partial charge >= 0.3 is 0 Å². The maximum Gasteiger partial charge on any atom is 0.124 e. The molecule has 7 aromatic rings. The molecule has 0 atom stereocenters. The van der Waals surface area contributed by atoms with Crippen LogP contribution < -0.4 is 0 Å². The van der Waals surface area contributed by atoms with Crippen LogP contribution >= 0.6 is 22.7 Å². The Morgan fingerprint density at radius 3 is 1.97 bits per heavy atom. The molecule has 0 amide bonds. The van der Waals surface area contributed by atoms with E-state index in [0.717, 1.165) is 10.5 Å². The summed E-state index contributed by atoms with van der Waals surface area (Å²) in [6.45, 7) is 0. The lowest BCUT2D eigenvalue weighted by Crippen LogP contribution is -1.84. The van der Waals surface area contributed by atoms with Gasteiger partial charge in [0.15, 0.2) is 0 Å². The Morgan fingerprint density at radius 1 is 0.471 bits per heavy atom. The van der Waals surface area contributed by atoms with Gasteiger partial charge in [0.05, 0.1) is 10.2 Å². The Morgan fingerprint density at radius 2 is 1.15 bits per heavy atom. The Hall–Kier alpha value is -3.79. The highest BCUT2D eigenvalue weighted by Gasteiger charge is 2.15. The van der Waals surface area contributed by atoms with Crippen molar-refractivity contribution in [2.75, 3.05) is 0 Å². The normalized spacial score (nSPS) is 11.5. The Bertz CT molecular complexity index is 1760. The van der Waals surface area contributed by atoms with E-state index in [0.29, 0.717) is 0 Å². The van der Waals surface area contributed by atoms with E-state index < -0.39 is 0 Å². The van der Waals surface area contributed by atoms with Crippen LogP contribution in [0.4, 0.5) is 0 Å². The number of thiazole rings is 1. The highest BCUT2D eigenvalue weighted by molar-refractivity contribution is 7.26. The van der Waals surface area contributed by atoms with E-state index in [9.17, 15) is 0 Å². The van der Waals surface area contributed by atoms with Gasteiger partial charge in [-0.2, -0.15) is 0 Å². The highest BCUT2D eigenvalue weighted by Crippen LogP contribution is 2.44. The molecule has 0 bridgehead atoms. The van der Waals surface area contributed by atoms with Gasteiger partial charge in [0, 0.05) is 25.7 Å². The summed E-state index contributed by atoms with van der Waals surface area (Å²) in [4.78, 5) is 4.96. The van der Waals surface area contributed by atoms with Gasteiger partial charge in [-0.05, 0) is 52.6 Å². The van der Waals surface area contributed by atoms with Crippen molar-refractivity contribution in [3.63, 3.8) is 0 Å². The first-order valence-electron chi connectivity index (χ1n) is 11.3. The third kappa shape index (κ3) is 3.25. The average molecular weight is 470 g/mol. The SMILES string of the molecule is c1ccc(-c2ccc(-c3cc(-c4nc5ccccc5s4)cc4sc5ccccc5c34)cc2)cc1. The van der Waals surface area contributed by atoms with Crippen molar-refractivity contribution in [2.24, 2.45) is 0 Å². The fraction of sp³-hybridized carbons (Fsp3) is 0. The second-order valence-electron chi connectivity index (χ2n) is 8.43. The number of fused-ring (bicyclic) bond motifs is 4. The summed E-state index contributed by atoms with van der Waals surface area (Å²) in [5.74, 6) is 0. The first-order chi connectivity index (χ1) is 16.8. The van der Waals surface area contributed by atoms with Gasteiger partial charge in [0.25, 0.3) is 0 Å². The second kappa shape index (κ2) is 7.91. The quantitative estimate of drug-likeness (QED) is 0.251. The van der Waals surface area contributed by atoms with Gasteiger partial charge in [-0.3, -0.25) is 0 Å². The second-order valence-corrected chi connectivity index (χ2v) is 10.5. The van der Waals surface area contributed by atoms with Crippen molar-refractivity contribution in [3.8, 4) is 32.8 Å². The minimum Gasteiger partial charge on any atom is -0.236 e. The molecule has 0 aliphatic heterocycles. The summed E-state index contributed by atoms with van der Waals surface area (Å²) >= 11 is 3.63. The zero-order chi connectivity index (χ0) is 22.5. The molecule has 3 heteroatoms. The molecule has 2 aromatic heterocycles. The number of hydrogen-bond acceptors (Lipinski definition) is 3. The zero-order valence-corrected chi connectivity index (χ0v) is 19.9. The van der Waals surface area contributed by atoms with Crippen molar-refractivity contribution < 1.29 is 0 Å². The lowest BCUT2D eigenvalue weighted by atomic mass is 9.95. The minimum absolute atomic E-state index is 1.06. The standard InChI is InChI=1S/C31H19NS2/c1-2-8-20(9-3-1)21-14-16-22(17-15-21)25-18-23(31-32-26-11-5-7-13-28(26)34-31)19-29-30(25)24-10-4-6-12-27(24)33-29/h1-19H. The third-order valence-electron chi connectivity index (χ3n) is 6.32. The van der Waals surface area contributed by atoms with Gasteiger partial charge < -0.3 is 0 Å². The molecule has 0 fully saturated rings. The molecule has 0 saturated heterocycles. The van der Waals surface area contributed by atoms with Crippen LogP contribution in [0, 0.1) is 0 Å². The number of thiophene rings is 1. The van der Waals surface area contributed by atoms with Crippen LogP contribution in [0.5, 0.6) is 0 Å². The smallest absolute Gasteiger partial charge is 0.124 e. The molecule has 1 nitrogen and oxygen atoms in total. The van der Waals surface area contributed by atoms with Crippen LogP contribution in [-0.2, 0) is 0 Å². The van der Waals surface area contributed by atoms with Crippen LogP contribution in [0.1, 0.15) is 0 Å². The Balaban J connectivity index is 1.46. The van der Waals surface area contributed by atoms with Crippen molar-refractivity contribution in [1.29, 1.82) is 0 Å². The molecule has 0 aliphatic rings. The number of aromatic nitrogens is 1. The fourth-order valence-corrected chi connectivity index (χ4v) is 6.80. The molecule has 0 spiro atoms. The minimum atomic E-state index is 1.06. The maximum atomic E-state index is 4.96. The lowest BCUT2D eigenvalue weighted by molar-refractivity contribution is 1.48. The van der Waals surface area contributed by atoms with Crippen LogP contribution in [0.2, 0.25) is 0 Å². The molecule has 0 radical (unpaired) electrons. The highest BCUT2D eigenvalue weighted by atomic mass is 32.1. The molecular formula is C31H19NS2. The van der Waals surface area contributed by atoms with Crippen LogP contribution in [0.3, 0.4) is 0 Å². The molecular weight excluding hydrogens is 450 g/mol. The molecule has 34 heavy (non-hydrogen) atoms. The molecule has 0 unspecified atom stereocenters. The average Bonchev–Trinajstić information content (AvgIpc) is 3.50. The van der Waals surface area contributed by atoms with Crippen molar-refractivity contribution in [2.45, 2.75) is 0 Å².